The van der Waals surface area contributed by atoms with E-state index in [1.54, 1.807) is 0 Å². The van der Waals surface area contributed by atoms with Crippen LogP contribution in [-0.2, 0) is 0 Å². The molecule has 2 aromatic rings. The fraction of sp³-hybridized carbons (Fsp3) is 0.579. The minimum absolute atomic E-state index is 0.0816. The summed E-state index contributed by atoms with van der Waals surface area (Å²) in [6.07, 6.45) is 4.75. The van der Waals surface area contributed by atoms with Gasteiger partial charge in [0, 0.05) is 30.6 Å². The van der Waals surface area contributed by atoms with E-state index in [1.165, 1.54) is 25.8 Å². The van der Waals surface area contributed by atoms with Crippen LogP contribution >= 0.6 is 0 Å². The second-order valence-corrected chi connectivity index (χ2v) is 7.58. The molecule has 7 nitrogen and oxygen atoms in total. The van der Waals surface area contributed by atoms with Gasteiger partial charge in [-0.05, 0) is 50.1 Å². The number of aromatic amines is 1. The van der Waals surface area contributed by atoms with Gasteiger partial charge in [0.15, 0.2) is 0 Å². The van der Waals surface area contributed by atoms with Gasteiger partial charge in [-0.3, -0.25) is 4.79 Å². The normalized spacial score (nSPS) is 24.1. The molecule has 0 saturated carbocycles. The van der Waals surface area contributed by atoms with Crippen LogP contribution < -0.4 is 0 Å². The molecule has 2 aliphatic rings. The number of benzene rings is 1. The first-order chi connectivity index (χ1) is 12.7. The lowest BCUT2D eigenvalue weighted by Gasteiger charge is -2.48. The quantitative estimate of drug-likeness (QED) is 0.914. The molecule has 0 radical (unpaired) electrons. The highest BCUT2D eigenvalue weighted by Crippen LogP contribution is 2.39. The molecule has 1 aromatic heterocycles. The molecule has 26 heavy (non-hydrogen) atoms. The fourth-order valence-electron chi connectivity index (χ4n) is 4.61. The number of likely N-dealkylation sites (tertiary alicyclic amines) is 2. The maximum absolute atomic E-state index is 13.3. The average Bonchev–Trinajstić information content (AvgIpc) is 3.22. The van der Waals surface area contributed by atoms with Gasteiger partial charge in [0.2, 0.25) is 5.82 Å². The largest absolute Gasteiger partial charge is 0.338 e. The van der Waals surface area contributed by atoms with Crippen molar-refractivity contribution >= 4 is 5.91 Å². The second-order valence-electron chi connectivity index (χ2n) is 7.58. The number of carbonyl (C=O) groups is 1. The summed E-state index contributed by atoms with van der Waals surface area (Å²) in [6, 6.07) is 7.56. The van der Waals surface area contributed by atoms with Gasteiger partial charge in [-0.2, -0.15) is 5.21 Å². The van der Waals surface area contributed by atoms with Crippen molar-refractivity contribution in [3.05, 3.63) is 29.8 Å². The van der Waals surface area contributed by atoms with Crippen molar-refractivity contribution in [2.75, 3.05) is 32.7 Å². The number of nitrogens with one attached hydrogen (secondary N) is 1. The highest BCUT2D eigenvalue weighted by molar-refractivity contribution is 6.00. The summed E-state index contributed by atoms with van der Waals surface area (Å²) in [4.78, 5) is 17.9. The monoisotopic (exact) mass is 354 g/mol. The Morgan fingerprint density at radius 3 is 2.77 bits per heavy atom. The molecule has 2 fully saturated rings. The van der Waals surface area contributed by atoms with Crippen LogP contribution in [0.5, 0.6) is 0 Å². The number of aromatic nitrogens is 4. The first-order valence-corrected chi connectivity index (χ1v) is 9.55. The van der Waals surface area contributed by atoms with E-state index < -0.39 is 0 Å². The summed E-state index contributed by atoms with van der Waals surface area (Å²) in [5, 5.41) is 14.2. The number of amides is 1. The van der Waals surface area contributed by atoms with Gasteiger partial charge in [-0.15, -0.1) is 10.2 Å². The van der Waals surface area contributed by atoms with Gasteiger partial charge in [0.05, 0.1) is 5.56 Å². The van der Waals surface area contributed by atoms with Crippen LogP contribution in [-0.4, -0.2) is 69.1 Å². The number of piperidine rings is 2. The van der Waals surface area contributed by atoms with Crippen LogP contribution in [0, 0.1) is 5.41 Å². The van der Waals surface area contributed by atoms with Gasteiger partial charge in [0.1, 0.15) is 0 Å². The molecule has 1 unspecified atom stereocenters. The van der Waals surface area contributed by atoms with E-state index in [0.29, 0.717) is 11.4 Å². The molecule has 1 aromatic carbocycles. The Bertz CT molecular complexity index is 757. The number of hydrogen-bond donors (Lipinski definition) is 1. The highest BCUT2D eigenvalue weighted by Gasteiger charge is 2.40. The lowest BCUT2D eigenvalue weighted by molar-refractivity contribution is 0.0152. The molecule has 2 saturated heterocycles. The molecule has 0 bridgehead atoms. The topological polar surface area (TPSA) is 78.0 Å². The molecule has 0 aliphatic carbocycles. The van der Waals surface area contributed by atoms with E-state index in [-0.39, 0.29) is 11.3 Å². The maximum atomic E-state index is 13.3. The van der Waals surface area contributed by atoms with E-state index in [2.05, 4.69) is 32.4 Å². The SMILES string of the molecule is CCN1CCCC2(CCCN(C(=O)c3ccccc3-c3nn[nH]n3)C2)C1. The number of rotatable bonds is 3. The summed E-state index contributed by atoms with van der Waals surface area (Å²) in [5.74, 6) is 0.550. The lowest BCUT2D eigenvalue weighted by atomic mass is 9.73. The minimum atomic E-state index is 0.0816. The third kappa shape index (κ3) is 3.23. The van der Waals surface area contributed by atoms with Crippen molar-refractivity contribution in [3.8, 4) is 11.4 Å². The van der Waals surface area contributed by atoms with Crippen LogP contribution in [0.4, 0.5) is 0 Å². The van der Waals surface area contributed by atoms with Gasteiger partial charge >= 0.3 is 0 Å². The van der Waals surface area contributed by atoms with Crippen molar-refractivity contribution in [2.45, 2.75) is 32.6 Å². The number of nitrogens with zero attached hydrogens (tertiary/aromatic N) is 5. The van der Waals surface area contributed by atoms with Crippen LogP contribution in [0.2, 0.25) is 0 Å². The first-order valence-electron chi connectivity index (χ1n) is 9.55. The molecule has 138 valence electrons. The highest BCUT2D eigenvalue weighted by atomic mass is 16.2. The van der Waals surface area contributed by atoms with Crippen molar-refractivity contribution in [1.82, 2.24) is 30.4 Å². The Labute approximate surface area is 153 Å². The van der Waals surface area contributed by atoms with Crippen molar-refractivity contribution in [2.24, 2.45) is 5.41 Å². The van der Waals surface area contributed by atoms with Crippen LogP contribution in [0.3, 0.4) is 0 Å². The predicted octanol–water partition coefficient (Wildman–Crippen LogP) is 2.20. The van der Waals surface area contributed by atoms with Crippen LogP contribution in [0.1, 0.15) is 43.0 Å². The first kappa shape index (κ1) is 17.1. The molecule has 2 aliphatic heterocycles. The Morgan fingerprint density at radius 2 is 2.00 bits per heavy atom. The van der Waals surface area contributed by atoms with Gasteiger partial charge in [-0.25, -0.2) is 0 Å². The molecule has 1 atom stereocenters. The summed E-state index contributed by atoms with van der Waals surface area (Å²) >= 11 is 0. The van der Waals surface area contributed by atoms with Crippen molar-refractivity contribution in [3.63, 3.8) is 0 Å². The Balaban J connectivity index is 1.57. The Morgan fingerprint density at radius 1 is 1.19 bits per heavy atom. The van der Waals surface area contributed by atoms with Crippen LogP contribution in [0.25, 0.3) is 11.4 Å². The molecule has 7 heteroatoms. The Hall–Kier alpha value is -2.28. The third-order valence-corrected chi connectivity index (χ3v) is 5.88. The number of hydrogen-bond acceptors (Lipinski definition) is 5. The van der Waals surface area contributed by atoms with E-state index in [1.807, 2.05) is 29.2 Å². The number of H-pyrrole nitrogens is 1. The smallest absolute Gasteiger partial charge is 0.254 e. The fourth-order valence-corrected chi connectivity index (χ4v) is 4.61. The Kier molecular flexibility index (Phi) is 4.72. The van der Waals surface area contributed by atoms with E-state index in [4.69, 9.17) is 0 Å². The molecule has 4 rings (SSSR count). The molecule has 1 amide bonds. The summed E-state index contributed by atoms with van der Waals surface area (Å²) < 4.78 is 0. The van der Waals surface area contributed by atoms with Gasteiger partial charge in [0.25, 0.3) is 5.91 Å². The summed E-state index contributed by atoms with van der Waals surface area (Å²) in [7, 11) is 0. The minimum Gasteiger partial charge on any atom is -0.338 e. The van der Waals surface area contributed by atoms with Crippen molar-refractivity contribution < 1.29 is 4.79 Å². The van der Waals surface area contributed by atoms with Gasteiger partial charge in [-0.1, -0.05) is 25.1 Å². The zero-order valence-electron chi connectivity index (χ0n) is 15.3. The van der Waals surface area contributed by atoms with E-state index in [0.717, 1.165) is 38.2 Å². The standard InChI is InChI=1S/C19H26N6O/c1-2-24-11-5-9-19(13-24)10-6-12-25(14-19)18(26)16-8-4-3-7-15(16)17-20-22-23-21-17/h3-4,7-8H,2,5-6,9-14H2,1H3,(H,20,21,22,23). The van der Waals surface area contributed by atoms with Crippen molar-refractivity contribution in [1.29, 1.82) is 0 Å². The average molecular weight is 354 g/mol. The van der Waals surface area contributed by atoms with Crippen LogP contribution in [0.15, 0.2) is 24.3 Å². The third-order valence-electron chi connectivity index (χ3n) is 5.88. The molecule has 3 heterocycles. The van der Waals surface area contributed by atoms with E-state index >= 15 is 0 Å². The summed E-state index contributed by atoms with van der Waals surface area (Å²) in [6.45, 7) is 7.30. The summed E-state index contributed by atoms with van der Waals surface area (Å²) in [5.41, 5.74) is 1.65. The second kappa shape index (κ2) is 7.15. The van der Waals surface area contributed by atoms with Gasteiger partial charge < -0.3 is 9.80 Å². The zero-order chi connectivity index (χ0) is 18.0. The molecule has 1 N–H and O–H groups in total. The lowest BCUT2D eigenvalue weighted by Crippen LogP contribution is -2.53. The number of carbonyl (C=O) groups excluding carboxylic acids is 1. The molecular weight excluding hydrogens is 328 g/mol. The molecular formula is C19H26N6O. The molecule has 1 spiro atoms. The van der Waals surface area contributed by atoms with E-state index in [9.17, 15) is 4.79 Å². The predicted molar refractivity (Wildman–Crippen MR) is 98.5 cm³/mol. The zero-order valence-corrected chi connectivity index (χ0v) is 15.3. The maximum Gasteiger partial charge on any atom is 0.254 e. The number of tetrazole rings is 1.